The fourth-order valence-corrected chi connectivity index (χ4v) is 4.33. The summed E-state index contributed by atoms with van der Waals surface area (Å²) in [5.41, 5.74) is 3.89. The highest BCUT2D eigenvalue weighted by atomic mass is 32.2. The number of nitrogens with zero attached hydrogens (tertiary/aromatic N) is 3. The molecule has 0 radical (unpaired) electrons. The Bertz CT molecular complexity index is 1050. The molecule has 1 fully saturated rings. The van der Waals surface area contributed by atoms with E-state index in [0.29, 0.717) is 11.2 Å². The summed E-state index contributed by atoms with van der Waals surface area (Å²) in [4.78, 5) is 25.7. The lowest BCUT2D eigenvalue weighted by atomic mass is 10.0. The molecule has 1 atom stereocenters. The van der Waals surface area contributed by atoms with Crippen molar-refractivity contribution in [3.05, 3.63) is 53.9 Å². The zero-order valence-electron chi connectivity index (χ0n) is 17.1. The molecule has 2 aromatic heterocycles. The van der Waals surface area contributed by atoms with E-state index < -0.39 is 0 Å². The Kier molecular flexibility index (Phi) is 5.72. The van der Waals surface area contributed by atoms with E-state index in [1.807, 2.05) is 36.1 Å². The van der Waals surface area contributed by atoms with Crippen LogP contribution in [-0.4, -0.2) is 39.6 Å². The van der Waals surface area contributed by atoms with Crippen molar-refractivity contribution < 1.29 is 4.79 Å². The molecule has 3 aromatic rings. The number of hydrogen-bond donors (Lipinski definition) is 1. The Labute approximate surface area is 175 Å². The number of benzene rings is 1. The van der Waals surface area contributed by atoms with Crippen LogP contribution in [0.15, 0.2) is 47.5 Å². The maximum Gasteiger partial charge on any atom is 0.257 e. The Hall–Kier alpha value is -2.60. The van der Waals surface area contributed by atoms with Crippen molar-refractivity contribution in [2.45, 2.75) is 44.0 Å². The van der Waals surface area contributed by atoms with Crippen LogP contribution in [0.5, 0.6) is 0 Å². The monoisotopic (exact) mass is 406 g/mol. The van der Waals surface area contributed by atoms with Crippen LogP contribution < -0.4 is 5.32 Å². The fraction of sp³-hybridized carbons (Fsp3) is 0.348. The lowest BCUT2D eigenvalue weighted by Crippen LogP contribution is -2.42. The van der Waals surface area contributed by atoms with E-state index in [0.717, 1.165) is 41.8 Å². The van der Waals surface area contributed by atoms with E-state index >= 15 is 0 Å². The Morgan fingerprint density at radius 3 is 2.90 bits per heavy atom. The molecule has 5 nitrogen and oxygen atoms in total. The first kappa shape index (κ1) is 19.7. The van der Waals surface area contributed by atoms with Gasteiger partial charge in [-0.05, 0) is 69.7 Å². The summed E-state index contributed by atoms with van der Waals surface area (Å²) in [7, 11) is 0. The minimum absolute atomic E-state index is 0.0377. The van der Waals surface area contributed by atoms with Crippen molar-refractivity contribution in [1.29, 1.82) is 0 Å². The van der Waals surface area contributed by atoms with Gasteiger partial charge in [-0.25, -0.2) is 9.97 Å². The summed E-state index contributed by atoms with van der Waals surface area (Å²) in [6.07, 6.45) is 7.01. The molecule has 1 unspecified atom stereocenters. The maximum atomic E-state index is 13.5. The minimum Gasteiger partial charge on any atom is -0.354 e. The predicted octanol–water partition coefficient (Wildman–Crippen LogP) is 5.42. The summed E-state index contributed by atoms with van der Waals surface area (Å²) >= 11 is 1.69. The number of aromatic nitrogens is 2. The van der Waals surface area contributed by atoms with Crippen LogP contribution in [0.2, 0.25) is 0 Å². The van der Waals surface area contributed by atoms with Crippen LogP contribution >= 0.6 is 11.8 Å². The van der Waals surface area contributed by atoms with E-state index in [1.165, 1.54) is 11.3 Å². The van der Waals surface area contributed by atoms with E-state index in [4.69, 9.17) is 0 Å². The lowest BCUT2D eigenvalue weighted by molar-refractivity contribution is 0.0636. The molecule has 1 aliphatic heterocycles. The molecule has 1 N–H and O–H groups in total. The topological polar surface area (TPSA) is 58.1 Å². The predicted molar refractivity (Wildman–Crippen MR) is 120 cm³/mol. The maximum absolute atomic E-state index is 13.5. The second-order valence-corrected chi connectivity index (χ2v) is 8.45. The quantitative estimate of drug-likeness (QED) is 0.587. The standard InChI is InChI=1S/C23H26N4OS/c1-15-10-11-19-21(26-17-8-6-9-18(13-17)29-3)20(14-24-22(19)25-15)23(28)27-12-5-4-7-16(27)2/h6,8-11,13-14,16H,4-5,7,12H2,1-3H3,(H,24,25,26). The first-order valence-corrected chi connectivity index (χ1v) is 11.3. The van der Waals surface area contributed by atoms with Crippen LogP contribution in [0, 0.1) is 6.92 Å². The van der Waals surface area contributed by atoms with Gasteiger partial charge >= 0.3 is 0 Å². The number of hydrogen-bond acceptors (Lipinski definition) is 5. The second kappa shape index (κ2) is 8.41. The first-order valence-electron chi connectivity index (χ1n) is 10.0. The first-order chi connectivity index (χ1) is 14.1. The molecule has 29 heavy (non-hydrogen) atoms. The molecule has 0 saturated carbocycles. The third kappa shape index (κ3) is 4.08. The summed E-state index contributed by atoms with van der Waals surface area (Å²) in [5.74, 6) is 0.0377. The number of rotatable bonds is 4. The summed E-state index contributed by atoms with van der Waals surface area (Å²) in [6.45, 7) is 4.88. The molecule has 6 heteroatoms. The van der Waals surface area contributed by atoms with Gasteiger partial charge in [0.1, 0.15) is 0 Å². The van der Waals surface area contributed by atoms with Gasteiger partial charge in [0, 0.05) is 40.4 Å². The lowest BCUT2D eigenvalue weighted by Gasteiger charge is -2.34. The highest BCUT2D eigenvalue weighted by molar-refractivity contribution is 7.98. The van der Waals surface area contributed by atoms with Gasteiger partial charge in [0.15, 0.2) is 5.65 Å². The summed E-state index contributed by atoms with van der Waals surface area (Å²) < 4.78 is 0. The molecule has 0 bridgehead atoms. The number of likely N-dealkylation sites (tertiary alicyclic amines) is 1. The normalized spacial score (nSPS) is 16.8. The molecule has 150 valence electrons. The Morgan fingerprint density at radius 1 is 1.24 bits per heavy atom. The second-order valence-electron chi connectivity index (χ2n) is 7.57. The van der Waals surface area contributed by atoms with Gasteiger partial charge in [0.05, 0.1) is 11.3 Å². The molecule has 1 aromatic carbocycles. The average Bonchev–Trinajstić information content (AvgIpc) is 2.74. The van der Waals surface area contributed by atoms with Gasteiger partial charge in [-0.3, -0.25) is 4.79 Å². The zero-order chi connectivity index (χ0) is 20.4. The molecule has 1 aliphatic rings. The van der Waals surface area contributed by atoms with Gasteiger partial charge in [-0.1, -0.05) is 6.07 Å². The number of amides is 1. The number of piperidine rings is 1. The molecular formula is C23H26N4OS. The highest BCUT2D eigenvalue weighted by Gasteiger charge is 2.27. The number of pyridine rings is 2. The van der Waals surface area contributed by atoms with E-state index in [9.17, 15) is 4.79 Å². The van der Waals surface area contributed by atoms with E-state index in [2.05, 4.69) is 40.6 Å². The number of fused-ring (bicyclic) bond motifs is 1. The van der Waals surface area contributed by atoms with Crippen molar-refractivity contribution in [3.8, 4) is 0 Å². The summed E-state index contributed by atoms with van der Waals surface area (Å²) in [6, 6.07) is 12.4. The van der Waals surface area contributed by atoms with E-state index in [-0.39, 0.29) is 11.9 Å². The number of thioether (sulfide) groups is 1. The Morgan fingerprint density at radius 2 is 2.10 bits per heavy atom. The third-order valence-corrected chi connectivity index (χ3v) is 6.23. The van der Waals surface area contributed by atoms with Crippen molar-refractivity contribution in [3.63, 3.8) is 0 Å². The SMILES string of the molecule is CSc1cccc(Nc2c(C(=O)N3CCCCC3C)cnc3nc(C)ccc23)c1. The van der Waals surface area contributed by atoms with Crippen molar-refractivity contribution >= 4 is 40.1 Å². The number of nitrogens with one attached hydrogen (secondary N) is 1. The van der Waals surface area contributed by atoms with Crippen LogP contribution in [0.4, 0.5) is 11.4 Å². The third-order valence-electron chi connectivity index (χ3n) is 5.50. The Balaban J connectivity index is 1.81. The summed E-state index contributed by atoms with van der Waals surface area (Å²) in [5, 5.41) is 4.37. The largest absolute Gasteiger partial charge is 0.354 e. The van der Waals surface area contributed by atoms with Gasteiger partial charge < -0.3 is 10.2 Å². The fourth-order valence-electron chi connectivity index (χ4n) is 3.87. The molecule has 1 amide bonds. The molecule has 0 spiro atoms. The molecular weight excluding hydrogens is 380 g/mol. The van der Waals surface area contributed by atoms with Gasteiger partial charge in [-0.2, -0.15) is 0 Å². The van der Waals surface area contributed by atoms with Gasteiger partial charge in [-0.15, -0.1) is 11.8 Å². The molecule has 3 heterocycles. The van der Waals surface area contributed by atoms with Crippen molar-refractivity contribution in [2.75, 3.05) is 18.1 Å². The highest BCUT2D eigenvalue weighted by Crippen LogP contribution is 2.32. The van der Waals surface area contributed by atoms with Crippen molar-refractivity contribution in [1.82, 2.24) is 14.9 Å². The minimum atomic E-state index is 0.0377. The van der Waals surface area contributed by atoms with Crippen LogP contribution in [0.25, 0.3) is 11.0 Å². The molecule has 0 aliphatic carbocycles. The van der Waals surface area contributed by atoms with Gasteiger partial charge in [0.2, 0.25) is 0 Å². The van der Waals surface area contributed by atoms with Crippen molar-refractivity contribution in [2.24, 2.45) is 0 Å². The number of anilines is 2. The zero-order valence-corrected chi connectivity index (χ0v) is 17.9. The van der Waals surface area contributed by atoms with Crippen LogP contribution in [0.1, 0.15) is 42.2 Å². The molecule has 1 saturated heterocycles. The van der Waals surface area contributed by atoms with E-state index in [1.54, 1.807) is 18.0 Å². The molecule has 4 rings (SSSR count). The van der Waals surface area contributed by atoms with Crippen LogP contribution in [0.3, 0.4) is 0 Å². The number of carbonyl (C=O) groups is 1. The number of aryl methyl sites for hydroxylation is 1. The van der Waals surface area contributed by atoms with Gasteiger partial charge in [0.25, 0.3) is 5.91 Å². The number of carbonyl (C=O) groups excluding carboxylic acids is 1. The smallest absolute Gasteiger partial charge is 0.257 e. The van der Waals surface area contributed by atoms with Crippen LogP contribution in [-0.2, 0) is 0 Å². The average molecular weight is 407 g/mol.